The van der Waals surface area contributed by atoms with Crippen LogP contribution >= 0.6 is 0 Å². The maximum atomic E-state index is 10.7. The van der Waals surface area contributed by atoms with Crippen molar-refractivity contribution < 1.29 is 4.79 Å². The van der Waals surface area contributed by atoms with Crippen molar-refractivity contribution in [2.75, 3.05) is 5.73 Å². The van der Waals surface area contributed by atoms with E-state index < -0.39 is 0 Å². The van der Waals surface area contributed by atoms with E-state index >= 15 is 0 Å². The minimum absolute atomic E-state index is 0.538. The van der Waals surface area contributed by atoms with E-state index in [9.17, 15) is 4.79 Å². The molecule has 2 rings (SSSR count). The van der Waals surface area contributed by atoms with E-state index in [0.29, 0.717) is 11.3 Å². The number of benzene rings is 2. The fourth-order valence-corrected chi connectivity index (χ4v) is 1.56. The van der Waals surface area contributed by atoms with Crippen LogP contribution in [0.4, 0.5) is 5.69 Å². The molecule has 0 aliphatic heterocycles. The summed E-state index contributed by atoms with van der Waals surface area (Å²) in [6.07, 6.45) is 0.780. The summed E-state index contributed by atoms with van der Waals surface area (Å²) in [6, 6.07) is 15.3. The topological polar surface area (TPSA) is 43.1 Å². The van der Waals surface area contributed by atoms with Gasteiger partial charge < -0.3 is 5.73 Å². The van der Waals surface area contributed by atoms with Gasteiger partial charge in [0, 0.05) is 16.8 Å². The summed E-state index contributed by atoms with van der Waals surface area (Å²) >= 11 is 0. The van der Waals surface area contributed by atoms with E-state index in [1.54, 1.807) is 6.07 Å². The first-order valence-electron chi connectivity index (χ1n) is 4.72. The van der Waals surface area contributed by atoms with Crippen LogP contribution in [0.1, 0.15) is 10.4 Å². The summed E-state index contributed by atoms with van der Waals surface area (Å²) in [4.78, 5) is 10.7. The second-order valence-electron chi connectivity index (χ2n) is 3.29. The van der Waals surface area contributed by atoms with Crippen molar-refractivity contribution in [1.29, 1.82) is 0 Å². The summed E-state index contributed by atoms with van der Waals surface area (Å²) in [7, 11) is 0. The number of nitrogens with two attached hydrogens (primary N) is 1. The molecule has 0 amide bonds. The van der Waals surface area contributed by atoms with Crippen LogP contribution in [-0.2, 0) is 0 Å². The molecule has 0 atom stereocenters. The SMILES string of the molecule is Nc1c(C=O)cccc1-c1ccccc1. The average molecular weight is 197 g/mol. The lowest BCUT2D eigenvalue weighted by Gasteiger charge is -2.07. The van der Waals surface area contributed by atoms with Crippen LogP contribution in [0.5, 0.6) is 0 Å². The molecule has 2 aromatic rings. The Morgan fingerprint density at radius 2 is 1.67 bits per heavy atom. The van der Waals surface area contributed by atoms with Gasteiger partial charge in [-0.2, -0.15) is 0 Å². The number of hydrogen-bond donors (Lipinski definition) is 1. The summed E-state index contributed by atoms with van der Waals surface area (Å²) in [5, 5.41) is 0. The number of nitrogen functional groups attached to an aromatic ring is 1. The summed E-state index contributed by atoms with van der Waals surface area (Å²) < 4.78 is 0. The van der Waals surface area contributed by atoms with Crippen molar-refractivity contribution in [2.45, 2.75) is 0 Å². The Morgan fingerprint density at radius 3 is 2.33 bits per heavy atom. The molecule has 2 N–H and O–H groups in total. The minimum Gasteiger partial charge on any atom is -0.398 e. The van der Waals surface area contributed by atoms with E-state index in [0.717, 1.165) is 17.4 Å². The standard InChI is InChI=1S/C13H11NO/c14-13-11(9-15)7-4-8-12(13)10-5-2-1-3-6-10/h1-9H,14H2. The Labute approximate surface area is 88.4 Å². The van der Waals surface area contributed by atoms with E-state index in [1.807, 2.05) is 42.5 Å². The van der Waals surface area contributed by atoms with Crippen LogP contribution in [0.2, 0.25) is 0 Å². The van der Waals surface area contributed by atoms with Gasteiger partial charge in [-0.25, -0.2) is 0 Å². The maximum absolute atomic E-state index is 10.7. The predicted octanol–water partition coefficient (Wildman–Crippen LogP) is 2.75. The number of anilines is 1. The molecule has 2 heteroatoms. The van der Waals surface area contributed by atoms with Crippen molar-refractivity contribution >= 4 is 12.0 Å². The lowest BCUT2D eigenvalue weighted by molar-refractivity contribution is 0.112. The maximum Gasteiger partial charge on any atom is 0.152 e. The minimum atomic E-state index is 0.538. The number of carbonyl (C=O) groups is 1. The molecule has 2 nitrogen and oxygen atoms in total. The van der Waals surface area contributed by atoms with Crippen LogP contribution < -0.4 is 5.73 Å². The Balaban J connectivity index is 2.59. The molecule has 0 aliphatic carbocycles. The molecular weight excluding hydrogens is 186 g/mol. The first-order chi connectivity index (χ1) is 7.33. The lowest BCUT2D eigenvalue weighted by Crippen LogP contribution is -1.95. The summed E-state index contributed by atoms with van der Waals surface area (Å²) in [5.41, 5.74) is 8.90. The van der Waals surface area contributed by atoms with Crippen LogP contribution in [0, 0.1) is 0 Å². The van der Waals surface area contributed by atoms with Gasteiger partial charge in [0.15, 0.2) is 6.29 Å². The molecular formula is C13H11NO. The van der Waals surface area contributed by atoms with Gasteiger partial charge in [-0.3, -0.25) is 4.79 Å². The van der Waals surface area contributed by atoms with Crippen LogP contribution in [0.15, 0.2) is 48.5 Å². The molecule has 0 radical (unpaired) electrons. The molecule has 0 aromatic heterocycles. The quantitative estimate of drug-likeness (QED) is 0.594. The molecule has 0 heterocycles. The van der Waals surface area contributed by atoms with Crippen LogP contribution in [0.3, 0.4) is 0 Å². The highest BCUT2D eigenvalue weighted by Crippen LogP contribution is 2.27. The molecule has 0 aliphatic rings. The van der Waals surface area contributed by atoms with E-state index in [4.69, 9.17) is 5.73 Å². The molecule has 0 bridgehead atoms. The molecule has 0 saturated carbocycles. The number of carbonyl (C=O) groups excluding carboxylic acids is 1. The Hall–Kier alpha value is -2.09. The number of aldehydes is 1. The van der Waals surface area contributed by atoms with Crippen molar-refractivity contribution in [1.82, 2.24) is 0 Å². The number of hydrogen-bond acceptors (Lipinski definition) is 2. The monoisotopic (exact) mass is 197 g/mol. The van der Waals surface area contributed by atoms with Crippen molar-refractivity contribution in [3.05, 3.63) is 54.1 Å². The number of rotatable bonds is 2. The van der Waals surface area contributed by atoms with Gasteiger partial charge in [-0.05, 0) is 11.6 Å². The first kappa shape index (κ1) is 9.46. The molecule has 0 spiro atoms. The molecule has 74 valence electrons. The third kappa shape index (κ3) is 1.74. The van der Waals surface area contributed by atoms with E-state index in [2.05, 4.69) is 0 Å². The predicted molar refractivity (Wildman–Crippen MR) is 61.7 cm³/mol. The summed E-state index contributed by atoms with van der Waals surface area (Å²) in [6.45, 7) is 0. The first-order valence-corrected chi connectivity index (χ1v) is 4.72. The second-order valence-corrected chi connectivity index (χ2v) is 3.29. The third-order valence-corrected chi connectivity index (χ3v) is 2.35. The number of para-hydroxylation sites is 1. The summed E-state index contributed by atoms with van der Waals surface area (Å²) in [5.74, 6) is 0. The zero-order valence-electron chi connectivity index (χ0n) is 8.18. The molecule has 0 saturated heterocycles. The Morgan fingerprint density at radius 1 is 0.933 bits per heavy atom. The molecule has 0 fully saturated rings. The fourth-order valence-electron chi connectivity index (χ4n) is 1.56. The third-order valence-electron chi connectivity index (χ3n) is 2.35. The fraction of sp³-hybridized carbons (Fsp3) is 0. The van der Waals surface area contributed by atoms with Crippen molar-refractivity contribution in [2.24, 2.45) is 0 Å². The average Bonchev–Trinajstić information content (AvgIpc) is 2.30. The van der Waals surface area contributed by atoms with Gasteiger partial charge in [0.2, 0.25) is 0 Å². The highest BCUT2D eigenvalue weighted by atomic mass is 16.1. The van der Waals surface area contributed by atoms with Gasteiger partial charge in [-0.15, -0.1) is 0 Å². The van der Waals surface area contributed by atoms with Crippen molar-refractivity contribution in [3.63, 3.8) is 0 Å². The van der Waals surface area contributed by atoms with Crippen LogP contribution in [0.25, 0.3) is 11.1 Å². The van der Waals surface area contributed by atoms with Gasteiger partial charge in [-0.1, -0.05) is 42.5 Å². The molecule has 2 aromatic carbocycles. The van der Waals surface area contributed by atoms with E-state index in [-0.39, 0.29) is 0 Å². The highest BCUT2D eigenvalue weighted by Gasteiger charge is 2.05. The molecule has 0 unspecified atom stereocenters. The zero-order valence-corrected chi connectivity index (χ0v) is 8.18. The Bertz CT molecular complexity index is 477. The smallest absolute Gasteiger partial charge is 0.152 e. The van der Waals surface area contributed by atoms with Crippen molar-refractivity contribution in [3.8, 4) is 11.1 Å². The Kier molecular flexibility index (Phi) is 2.50. The zero-order chi connectivity index (χ0) is 10.7. The van der Waals surface area contributed by atoms with Crippen LogP contribution in [-0.4, -0.2) is 6.29 Å². The van der Waals surface area contributed by atoms with Gasteiger partial charge in [0.05, 0.1) is 0 Å². The van der Waals surface area contributed by atoms with Gasteiger partial charge in [0.25, 0.3) is 0 Å². The van der Waals surface area contributed by atoms with Gasteiger partial charge in [0.1, 0.15) is 0 Å². The lowest BCUT2D eigenvalue weighted by atomic mass is 10.0. The van der Waals surface area contributed by atoms with Gasteiger partial charge >= 0.3 is 0 Å². The van der Waals surface area contributed by atoms with E-state index in [1.165, 1.54) is 0 Å². The largest absolute Gasteiger partial charge is 0.398 e. The molecule has 15 heavy (non-hydrogen) atoms. The second kappa shape index (κ2) is 3.96. The normalized spacial score (nSPS) is 9.87. The highest BCUT2D eigenvalue weighted by molar-refractivity contribution is 5.91.